The SMILES string of the molecule is Cc1ccc(S(=O)(=O)N[C@H](C)c2ccc(Br)cc2)c(Br)c1. The van der Waals surface area contributed by atoms with Gasteiger partial charge in [0.05, 0.1) is 4.90 Å². The van der Waals surface area contributed by atoms with E-state index in [0.717, 1.165) is 15.6 Å². The molecule has 0 spiro atoms. The molecular formula is C15H15Br2NO2S. The molecule has 0 amide bonds. The Kier molecular flexibility index (Phi) is 5.24. The third kappa shape index (κ3) is 4.16. The van der Waals surface area contributed by atoms with Crippen molar-refractivity contribution in [3.63, 3.8) is 0 Å². The Morgan fingerprint density at radius 2 is 1.67 bits per heavy atom. The number of hydrogen-bond donors (Lipinski definition) is 1. The van der Waals surface area contributed by atoms with Crippen LogP contribution in [0.5, 0.6) is 0 Å². The average Bonchev–Trinajstić information content (AvgIpc) is 2.38. The highest BCUT2D eigenvalue weighted by atomic mass is 79.9. The Balaban J connectivity index is 2.26. The standard InChI is InChI=1S/C15H15Br2NO2S/c1-10-3-8-15(14(17)9-10)21(19,20)18-11(2)12-4-6-13(16)7-5-12/h3-9,11,18H,1-2H3/t11-/m1/s1. The Morgan fingerprint density at radius 1 is 1.05 bits per heavy atom. The lowest BCUT2D eigenvalue weighted by Gasteiger charge is -2.16. The maximum absolute atomic E-state index is 12.5. The summed E-state index contributed by atoms with van der Waals surface area (Å²) >= 11 is 6.68. The van der Waals surface area contributed by atoms with E-state index in [2.05, 4.69) is 36.6 Å². The Morgan fingerprint density at radius 3 is 2.24 bits per heavy atom. The molecule has 0 bridgehead atoms. The van der Waals surface area contributed by atoms with Gasteiger partial charge in [0.1, 0.15) is 0 Å². The maximum Gasteiger partial charge on any atom is 0.242 e. The van der Waals surface area contributed by atoms with E-state index in [1.165, 1.54) is 0 Å². The summed E-state index contributed by atoms with van der Waals surface area (Å²) in [4.78, 5) is 0.247. The van der Waals surface area contributed by atoms with Crippen LogP contribution in [0.25, 0.3) is 0 Å². The molecule has 112 valence electrons. The summed E-state index contributed by atoms with van der Waals surface area (Å²) < 4.78 is 29.2. The van der Waals surface area contributed by atoms with Crippen LogP contribution in [0.1, 0.15) is 24.1 Å². The van der Waals surface area contributed by atoms with Crippen LogP contribution in [0.4, 0.5) is 0 Å². The third-order valence-corrected chi connectivity index (χ3v) is 6.12. The van der Waals surface area contributed by atoms with Crippen molar-refractivity contribution in [2.45, 2.75) is 24.8 Å². The molecule has 0 radical (unpaired) electrons. The van der Waals surface area contributed by atoms with Gasteiger partial charge in [-0.3, -0.25) is 0 Å². The fourth-order valence-corrected chi connectivity index (χ4v) is 4.63. The lowest BCUT2D eigenvalue weighted by molar-refractivity contribution is 0.566. The minimum absolute atomic E-state index is 0.247. The normalized spacial score (nSPS) is 13.1. The molecule has 0 fully saturated rings. The molecule has 1 atom stereocenters. The fraction of sp³-hybridized carbons (Fsp3) is 0.200. The number of nitrogens with one attached hydrogen (secondary N) is 1. The smallest absolute Gasteiger partial charge is 0.207 e. The van der Waals surface area contributed by atoms with Crippen LogP contribution >= 0.6 is 31.9 Å². The zero-order valence-corrected chi connectivity index (χ0v) is 15.6. The molecular weight excluding hydrogens is 418 g/mol. The van der Waals surface area contributed by atoms with Crippen LogP contribution in [0, 0.1) is 6.92 Å². The van der Waals surface area contributed by atoms with Gasteiger partial charge < -0.3 is 0 Å². The van der Waals surface area contributed by atoms with Crippen molar-refractivity contribution in [2.75, 3.05) is 0 Å². The molecule has 0 heterocycles. The monoisotopic (exact) mass is 431 g/mol. The summed E-state index contributed by atoms with van der Waals surface area (Å²) in [6.45, 7) is 3.74. The van der Waals surface area contributed by atoms with Gasteiger partial charge >= 0.3 is 0 Å². The van der Waals surface area contributed by atoms with Gasteiger partial charge in [-0.1, -0.05) is 34.1 Å². The fourth-order valence-electron chi connectivity index (χ4n) is 1.94. The molecule has 1 N–H and O–H groups in total. The van der Waals surface area contributed by atoms with Gasteiger partial charge in [-0.2, -0.15) is 0 Å². The van der Waals surface area contributed by atoms with Gasteiger partial charge in [-0.15, -0.1) is 0 Å². The maximum atomic E-state index is 12.5. The van der Waals surface area contributed by atoms with Crippen LogP contribution in [-0.4, -0.2) is 8.42 Å². The van der Waals surface area contributed by atoms with Gasteiger partial charge in [0.2, 0.25) is 10.0 Å². The molecule has 0 aliphatic heterocycles. The van der Waals surface area contributed by atoms with E-state index in [1.807, 2.05) is 38.1 Å². The van der Waals surface area contributed by atoms with Crippen LogP contribution in [0.3, 0.4) is 0 Å². The summed E-state index contributed by atoms with van der Waals surface area (Å²) in [6.07, 6.45) is 0. The highest BCUT2D eigenvalue weighted by molar-refractivity contribution is 9.10. The van der Waals surface area contributed by atoms with Crippen LogP contribution in [0.2, 0.25) is 0 Å². The zero-order chi connectivity index (χ0) is 15.6. The summed E-state index contributed by atoms with van der Waals surface area (Å²) in [7, 11) is -3.57. The molecule has 0 saturated heterocycles. The molecule has 0 saturated carbocycles. The second kappa shape index (κ2) is 6.60. The van der Waals surface area contributed by atoms with E-state index in [-0.39, 0.29) is 10.9 Å². The molecule has 0 aliphatic rings. The molecule has 0 unspecified atom stereocenters. The molecule has 3 nitrogen and oxygen atoms in total. The Hall–Kier alpha value is -0.690. The minimum Gasteiger partial charge on any atom is -0.207 e. The first-order valence-electron chi connectivity index (χ1n) is 6.33. The van der Waals surface area contributed by atoms with Crippen molar-refractivity contribution < 1.29 is 8.42 Å². The predicted molar refractivity (Wildman–Crippen MR) is 91.8 cm³/mol. The number of benzene rings is 2. The van der Waals surface area contributed by atoms with E-state index in [4.69, 9.17) is 0 Å². The molecule has 0 aromatic heterocycles. The topological polar surface area (TPSA) is 46.2 Å². The van der Waals surface area contributed by atoms with E-state index in [9.17, 15) is 8.42 Å². The van der Waals surface area contributed by atoms with E-state index in [0.29, 0.717) is 4.47 Å². The summed E-state index contributed by atoms with van der Waals surface area (Å²) in [5.41, 5.74) is 1.91. The summed E-state index contributed by atoms with van der Waals surface area (Å²) in [5.74, 6) is 0. The number of sulfonamides is 1. The van der Waals surface area contributed by atoms with E-state index in [1.54, 1.807) is 18.2 Å². The number of hydrogen-bond acceptors (Lipinski definition) is 2. The highest BCUT2D eigenvalue weighted by Gasteiger charge is 2.20. The Labute approximate surface area is 142 Å². The van der Waals surface area contributed by atoms with Crippen molar-refractivity contribution in [1.29, 1.82) is 0 Å². The minimum atomic E-state index is -3.57. The molecule has 21 heavy (non-hydrogen) atoms. The first-order valence-corrected chi connectivity index (χ1v) is 9.40. The van der Waals surface area contributed by atoms with Gasteiger partial charge in [0.15, 0.2) is 0 Å². The molecule has 6 heteroatoms. The predicted octanol–water partition coefficient (Wildman–Crippen LogP) is 4.56. The zero-order valence-electron chi connectivity index (χ0n) is 11.6. The second-order valence-corrected chi connectivity index (χ2v) is 8.28. The van der Waals surface area contributed by atoms with Gasteiger partial charge in [-0.05, 0) is 65.2 Å². The quantitative estimate of drug-likeness (QED) is 0.769. The first kappa shape index (κ1) is 16.7. The third-order valence-electron chi connectivity index (χ3n) is 3.08. The van der Waals surface area contributed by atoms with Crippen molar-refractivity contribution in [3.05, 3.63) is 62.5 Å². The van der Waals surface area contributed by atoms with Crippen molar-refractivity contribution in [3.8, 4) is 0 Å². The summed E-state index contributed by atoms with van der Waals surface area (Å²) in [6, 6.07) is 12.4. The lowest BCUT2D eigenvalue weighted by Crippen LogP contribution is -2.27. The van der Waals surface area contributed by atoms with Gasteiger partial charge in [-0.25, -0.2) is 13.1 Å². The van der Waals surface area contributed by atoms with Gasteiger partial charge in [0, 0.05) is 15.0 Å². The molecule has 0 aliphatic carbocycles. The van der Waals surface area contributed by atoms with E-state index < -0.39 is 10.0 Å². The van der Waals surface area contributed by atoms with E-state index >= 15 is 0 Å². The largest absolute Gasteiger partial charge is 0.242 e. The van der Waals surface area contributed by atoms with Crippen molar-refractivity contribution >= 4 is 41.9 Å². The van der Waals surface area contributed by atoms with Gasteiger partial charge in [0.25, 0.3) is 0 Å². The van der Waals surface area contributed by atoms with Crippen LogP contribution in [-0.2, 0) is 10.0 Å². The second-order valence-electron chi connectivity index (χ2n) is 4.83. The van der Waals surface area contributed by atoms with Crippen molar-refractivity contribution in [2.24, 2.45) is 0 Å². The van der Waals surface area contributed by atoms with Crippen LogP contribution < -0.4 is 4.72 Å². The molecule has 2 aromatic carbocycles. The number of aryl methyl sites for hydroxylation is 1. The molecule has 2 rings (SSSR count). The number of rotatable bonds is 4. The molecule has 2 aromatic rings. The lowest BCUT2D eigenvalue weighted by atomic mass is 10.1. The highest BCUT2D eigenvalue weighted by Crippen LogP contribution is 2.25. The Bertz CT molecular complexity index is 743. The van der Waals surface area contributed by atoms with Crippen LogP contribution in [0.15, 0.2) is 56.3 Å². The average molecular weight is 433 g/mol. The summed E-state index contributed by atoms with van der Waals surface area (Å²) in [5, 5.41) is 0. The van der Waals surface area contributed by atoms with Crippen molar-refractivity contribution in [1.82, 2.24) is 4.72 Å². The first-order chi connectivity index (χ1) is 9.79. The number of halogens is 2.